The predicted molar refractivity (Wildman–Crippen MR) is 63.2 cm³/mol. The Morgan fingerprint density at radius 2 is 2.00 bits per heavy atom. The highest BCUT2D eigenvalue weighted by atomic mass is 79.9. The van der Waals surface area contributed by atoms with E-state index in [-0.39, 0.29) is 5.78 Å². The molecule has 0 radical (unpaired) electrons. The van der Waals surface area contributed by atoms with Gasteiger partial charge < -0.3 is 0 Å². The molecule has 0 aliphatic heterocycles. The van der Waals surface area contributed by atoms with Crippen molar-refractivity contribution in [2.24, 2.45) is 0 Å². The Morgan fingerprint density at radius 3 is 2.57 bits per heavy atom. The van der Waals surface area contributed by atoms with Crippen LogP contribution in [0.2, 0.25) is 0 Å². The third-order valence-electron chi connectivity index (χ3n) is 1.90. The van der Waals surface area contributed by atoms with Crippen LogP contribution in [0.25, 0.3) is 0 Å². The van der Waals surface area contributed by atoms with Gasteiger partial charge in [0.15, 0.2) is 0 Å². The van der Waals surface area contributed by atoms with E-state index in [0.717, 1.165) is 16.7 Å². The summed E-state index contributed by atoms with van der Waals surface area (Å²) in [6.07, 6.45) is 0.483. The molecular weight excluding hydrogens is 263 g/mol. The fourth-order valence-electron chi connectivity index (χ4n) is 1.40. The molecule has 0 amide bonds. The third kappa shape index (κ3) is 3.43. The minimum absolute atomic E-state index is 0.191. The van der Waals surface area contributed by atoms with Crippen molar-refractivity contribution >= 4 is 33.3 Å². The molecule has 0 aliphatic carbocycles. The van der Waals surface area contributed by atoms with E-state index < -0.39 is 0 Å². The number of carbonyl (C=O) groups excluding carboxylic acids is 1. The highest BCUT2D eigenvalue weighted by molar-refractivity contribution is 9.09. The molecule has 14 heavy (non-hydrogen) atoms. The highest BCUT2D eigenvalue weighted by Crippen LogP contribution is 2.12. The summed E-state index contributed by atoms with van der Waals surface area (Å²) in [4.78, 5) is 11.2. The molecule has 0 saturated heterocycles. The van der Waals surface area contributed by atoms with Gasteiger partial charge in [-0.15, -0.1) is 11.6 Å². The van der Waals surface area contributed by atoms with Gasteiger partial charge in [-0.1, -0.05) is 39.7 Å². The third-order valence-corrected chi connectivity index (χ3v) is 2.84. The van der Waals surface area contributed by atoms with Crippen LogP contribution in [-0.4, -0.2) is 11.1 Å². The van der Waals surface area contributed by atoms with Crippen molar-refractivity contribution in [2.45, 2.75) is 19.2 Å². The quantitative estimate of drug-likeness (QED) is 0.771. The number of halogens is 2. The van der Waals surface area contributed by atoms with Gasteiger partial charge >= 0.3 is 0 Å². The van der Waals surface area contributed by atoms with Crippen LogP contribution in [0, 0.1) is 6.92 Å². The lowest BCUT2D eigenvalue weighted by Gasteiger charge is -2.04. The number of carbonyl (C=O) groups is 1. The van der Waals surface area contributed by atoms with E-state index in [1.165, 1.54) is 0 Å². The minimum Gasteiger partial charge on any atom is -0.298 e. The molecule has 0 saturated carbocycles. The lowest BCUT2D eigenvalue weighted by Crippen LogP contribution is -2.04. The van der Waals surface area contributed by atoms with Gasteiger partial charge in [0.05, 0.1) is 5.33 Å². The molecule has 0 atom stereocenters. The van der Waals surface area contributed by atoms with Gasteiger partial charge in [0.1, 0.15) is 5.78 Å². The van der Waals surface area contributed by atoms with Crippen molar-refractivity contribution in [1.29, 1.82) is 0 Å². The number of rotatable bonds is 4. The van der Waals surface area contributed by atoms with Crippen LogP contribution >= 0.6 is 27.5 Å². The Morgan fingerprint density at radius 1 is 1.36 bits per heavy atom. The molecule has 0 aromatic heterocycles. The standard InChI is InChI=1S/C11H12BrClO/c1-8-2-9(5-11(14)6-12)4-10(3-8)7-13/h2-4H,5-7H2,1H3. The summed E-state index contributed by atoms with van der Waals surface area (Å²) in [6.45, 7) is 2.01. The maximum absolute atomic E-state index is 11.2. The van der Waals surface area contributed by atoms with E-state index in [9.17, 15) is 4.79 Å². The molecule has 1 nitrogen and oxygen atoms in total. The molecule has 1 aromatic rings. The molecule has 3 heteroatoms. The van der Waals surface area contributed by atoms with E-state index >= 15 is 0 Å². The summed E-state index contributed by atoms with van der Waals surface area (Å²) in [5.41, 5.74) is 3.27. The Bertz CT molecular complexity index is 336. The van der Waals surface area contributed by atoms with Gasteiger partial charge in [-0.3, -0.25) is 4.79 Å². The lowest BCUT2D eigenvalue weighted by atomic mass is 10.0. The number of alkyl halides is 2. The van der Waals surface area contributed by atoms with Crippen LogP contribution in [0.1, 0.15) is 16.7 Å². The first kappa shape index (κ1) is 11.7. The first-order valence-electron chi connectivity index (χ1n) is 4.38. The number of ketones is 1. The van der Waals surface area contributed by atoms with Gasteiger partial charge in [0.25, 0.3) is 0 Å². The second-order valence-electron chi connectivity index (χ2n) is 3.31. The lowest BCUT2D eigenvalue weighted by molar-refractivity contribution is -0.115. The second-order valence-corrected chi connectivity index (χ2v) is 4.14. The Kier molecular flexibility index (Phi) is 4.63. The van der Waals surface area contributed by atoms with Crippen molar-refractivity contribution in [2.75, 3.05) is 5.33 Å². The van der Waals surface area contributed by atoms with Crippen LogP contribution in [0.4, 0.5) is 0 Å². The molecule has 0 heterocycles. The second kappa shape index (κ2) is 5.52. The van der Waals surface area contributed by atoms with Gasteiger partial charge in [-0.2, -0.15) is 0 Å². The van der Waals surface area contributed by atoms with E-state index in [0.29, 0.717) is 17.6 Å². The van der Waals surface area contributed by atoms with E-state index in [1.807, 2.05) is 25.1 Å². The Hall–Kier alpha value is -0.340. The number of Topliss-reactive ketones (excluding diaryl/α,β-unsaturated/α-hetero) is 1. The van der Waals surface area contributed by atoms with Crippen molar-refractivity contribution in [3.05, 3.63) is 34.9 Å². The van der Waals surface area contributed by atoms with Gasteiger partial charge in [-0.05, 0) is 18.1 Å². The smallest absolute Gasteiger partial charge is 0.147 e. The van der Waals surface area contributed by atoms with Crippen molar-refractivity contribution in [3.63, 3.8) is 0 Å². The van der Waals surface area contributed by atoms with Crippen LogP contribution in [0.5, 0.6) is 0 Å². The molecule has 0 spiro atoms. The average Bonchev–Trinajstić information content (AvgIpc) is 2.16. The largest absolute Gasteiger partial charge is 0.298 e. The molecule has 1 aromatic carbocycles. The Labute approximate surface area is 97.6 Å². The van der Waals surface area contributed by atoms with Crippen LogP contribution in [0.3, 0.4) is 0 Å². The summed E-state index contributed by atoms with van der Waals surface area (Å²) in [5.74, 6) is 0.688. The van der Waals surface area contributed by atoms with E-state index in [1.54, 1.807) is 0 Å². The van der Waals surface area contributed by atoms with E-state index in [4.69, 9.17) is 11.6 Å². The first-order valence-corrected chi connectivity index (χ1v) is 6.04. The predicted octanol–water partition coefficient (Wildman–Crippen LogP) is 3.24. The number of hydrogen-bond donors (Lipinski definition) is 0. The summed E-state index contributed by atoms with van der Waals surface area (Å²) < 4.78 is 0. The molecule has 0 aliphatic rings. The summed E-state index contributed by atoms with van der Waals surface area (Å²) in [6, 6.07) is 6.05. The number of hydrogen-bond acceptors (Lipinski definition) is 1. The number of benzene rings is 1. The fourth-order valence-corrected chi connectivity index (χ4v) is 1.75. The van der Waals surface area contributed by atoms with Gasteiger partial charge in [-0.25, -0.2) is 0 Å². The molecule has 0 N–H and O–H groups in total. The van der Waals surface area contributed by atoms with Crippen LogP contribution in [0.15, 0.2) is 18.2 Å². The maximum Gasteiger partial charge on any atom is 0.147 e. The zero-order valence-electron chi connectivity index (χ0n) is 8.02. The minimum atomic E-state index is 0.191. The van der Waals surface area contributed by atoms with Crippen molar-refractivity contribution < 1.29 is 4.79 Å². The molecule has 0 unspecified atom stereocenters. The normalized spacial score (nSPS) is 10.2. The number of aryl methyl sites for hydroxylation is 1. The average molecular weight is 276 g/mol. The SMILES string of the molecule is Cc1cc(CCl)cc(CC(=O)CBr)c1. The zero-order valence-corrected chi connectivity index (χ0v) is 10.4. The first-order chi connectivity index (χ1) is 6.65. The molecule has 1 rings (SSSR count). The fraction of sp³-hybridized carbons (Fsp3) is 0.364. The van der Waals surface area contributed by atoms with Crippen molar-refractivity contribution in [1.82, 2.24) is 0 Å². The zero-order chi connectivity index (χ0) is 10.6. The molecule has 0 bridgehead atoms. The van der Waals surface area contributed by atoms with Crippen LogP contribution < -0.4 is 0 Å². The summed E-state index contributed by atoms with van der Waals surface area (Å²) in [7, 11) is 0. The Balaban J connectivity index is 2.86. The highest BCUT2D eigenvalue weighted by Gasteiger charge is 2.03. The van der Waals surface area contributed by atoms with E-state index in [2.05, 4.69) is 15.9 Å². The van der Waals surface area contributed by atoms with Crippen molar-refractivity contribution in [3.8, 4) is 0 Å². The maximum atomic E-state index is 11.2. The van der Waals surface area contributed by atoms with Crippen LogP contribution in [-0.2, 0) is 17.1 Å². The monoisotopic (exact) mass is 274 g/mol. The molecular formula is C11H12BrClO. The molecule has 0 fully saturated rings. The van der Waals surface area contributed by atoms with Gasteiger partial charge in [0, 0.05) is 12.3 Å². The van der Waals surface area contributed by atoms with Gasteiger partial charge in [0.2, 0.25) is 0 Å². The summed E-state index contributed by atoms with van der Waals surface area (Å²) >= 11 is 8.90. The molecule has 76 valence electrons. The topological polar surface area (TPSA) is 17.1 Å². The summed E-state index contributed by atoms with van der Waals surface area (Å²) in [5, 5.41) is 0.414.